The average molecular weight is 483 g/mol. The molecule has 3 N–H and O–H groups in total. The van der Waals surface area contributed by atoms with Crippen molar-refractivity contribution in [3.05, 3.63) is 89.0 Å². The third-order valence-electron chi connectivity index (χ3n) is 5.88. The molecule has 0 fully saturated rings. The number of amides is 1. The highest BCUT2D eigenvalue weighted by Crippen LogP contribution is 2.34. The first-order chi connectivity index (χ1) is 16.8. The second kappa shape index (κ2) is 10.4. The number of hydrogen-bond donors (Lipinski definition) is 2. The van der Waals surface area contributed by atoms with Gasteiger partial charge in [-0.1, -0.05) is 36.4 Å². The molecule has 1 aliphatic heterocycles. The molecule has 1 aromatic heterocycles. The van der Waals surface area contributed by atoms with E-state index in [-0.39, 0.29) is 18.4 Å². The van der Waals surface area contributed by atoms with Crippen LogP contribution in [0.4, 0.5) is 13.2 Å². The van der Waals surface area contributed by atoms with Crippen molar-refractivity contribution in [2.75, 3.05) is 13.2 Å². The van der Waals surface area contributed by atoms with Crippen LogP contribution in [-0.4, -0.2) is 29.1 Å². The fraction of sp³-hybridized carbons (Fsp3) is 0.269. The summed E-state index contributed by atoms with van der Waals surface area (Å²) in [5.74, 6) is -0.353. The van der Waals surface area contributed by atoms with Gasteiger partial charge >= 0.3 is 6.18 Å². The number of benzene rings is 2. The Hall–Kier alpha value is -3.56. The van der Waals surface area contributed by atoms with Crippen molar-refractivity contribution >= 4 is 11.5 Å². The molecular formula is C26H25F3N4O2. The number of rotatable bonds is 6. The molecule has 0 aliphatic carbocycles. The van der Waals surface area contributed by atoms with Crippen LogP contribution < -0.4 is 11.1 Å². The third-order valence-corrected chi connectivity index (χ3v) is 5.88. The van der Waals surface area contributed by atoms with Crippen LogP contribution in [0.5, 0.6) is 0 Å². The van der Waals surface area contributed by atoms with Crippen LogP contribution in [-0.2, 0) is 17.5 Å². The van der Waals surface area contributed by atoms with Crippen LogP contribution in [0.1, 0.15) is 52.4 Å². The number of carbonyl (C=O) groups excluding carboxylic acids is 1. The molecule has 1 aliphatic rings. The molecule has 2 heterocycles. The molecule has 4 rings (SSSR count). The van der Waals surface area contributed by atoms with E-state index in [1.807, 2.05) is 13.0 Å². The average Bonchev–Trinajstić information content (AvgIpc) is 2.88. The lowest BCUT2D eigenvalue weighted by Gasteiger charge is -2.17. The number of nitrogens with zero attached hydrogens (tertiary/aromatic N) is 2. The Balaban J connectivity index is 1.50. The molecular weight excluding hydrogens is 457 g/mol. The van der Waals surface area contributed by atoms with Crippen molar-refractivity contribution in [1.82, 2.24) is 15.3 Å². The van der Waals surface area contributed by atoms with Crippen molar-refractivity contribution in [3.63, 3.8) is 0 Å². The van der Waals surface area contributed by atoms with Crippen LogP contribution >= 0.6 is 0 Å². The molecule has 1 amide bonds. The fourth-order valence-corrected chi connectivity index (χ4v) is 3.90. The molecule has 35 heavy (non-hydrogen) atoms. The molecule has 2 aromatic carbocycles. The van der Waals surface area contributed by atoms with E-state index in [9.17, 15) is 18.0 Å². The number of nitrogens with one attached hydrogen (secondary N) is 1. The van der Waals surface area contributed by atoms with E-state index < -0.39 is 17.6 Å². The largest absolute Gasteiger partial charge is 0.416 e. The Kier molecular flexibility index (Phi) is 7.28. The Morgan fingerprint density at radius 3 is 2.60 bits per heavy atom. The summed E-state index contributed by atoms with van der Waals surface area (Å²) in [5, 5.41) is 2.88. The molecule has 1 atom stereocenters. The van der Waals surface area contributed by atoms with E-state index in [4.69, 9.17) is 10.5 Å². The summed E-state index contributed by atoms with van der Waals surface area (Å²) in [4.78, 5) is 21.3. The second-order valence-electron chi connectivity index (χ2n) is 8.21. The van der Waals surface area contributed by atoms with Crippen molar-refractivity contribution < 1.29 is 22.7 Å². The quantitative estimate of drug-likeness (QED) is 0.521. The van der Waals surface area contributed by atoms with Crippen LogP contribution in [0.2, 0.25) is 0 Å². The van der Waals surface area contributed by atoms with Gasteiger partial charge in [0.25, 0.3) is 5.91 Å². The first-order valence-electron chi connectivity index (χ1n) is 11.2. The van der Waals surface area contributed by atoms with Crippen molar-refractivity contribution in [3.8, 4) is 11.1 Å². The van der Waals surface area contributed by atoms with Crippen molar-refractivity contribution in [2.45, 2.75) is 32.1 Å². The molecule has 182 valence electrons. The second-order valence-corrected chi connectivity index (χ2v) is 8.21. The van der Waals surface area contributed by atoms with E-state index in [0.717, 1.165) is 29.7 Å². The van der Waals surface area contributed by atoms with Crippen LogP contribution in [0.3, 0.4) is 0 Å². The van der Waals surface area contributed by atoms with Crippen LogP contribution in [0.25, 0.3) is 16.7 Å². The van der Waals surface area contributed by atoms with E-state index in [2.05, 4.69) is 15.3 Å². The van der Waals surface area contributed by atoms with Gasteiger partial charge in [0, 0.05) is 12.7 Å². The summed E-state index contributed by atoms with van der Waals surface area (Å²) >= 11 is 0. The molecule has 6 nitrogen and oxygen atoms in total. The third kappa shape index (κ3) is 5.75. The zero-order valence-electron chi connectivity index (χ0n) is 19.1. The zero-order valence-corrected chi connectivity index (χ0v) is 19.1. The van der Waals surface area contributed by atoms with Gasteiger partial charge in [-0.25, -0.2) is 9.97 Å². The van der Waals surface area contributed by atoms with Crippen molar-refractivity contribution in [2.24, 2.45) is 5.73 Å². The lowest BCUT2D eigenvalue weighted by Crippen LogP contribution is -2.28. The molecule has 3 aromatic rings. The van der Waals surface area contributed by atoms with Gasteiger partial charge in [-0.15, -0.1) is 0 Å². The maximum atomic E-state index is 13.2. The van der Waals surface area contributed by atoms with E-state index in [1.54, 1.807) is 36.5 Å². The molecule has 0 radical (unpaired) electrons. The summed E-state index contributed by atoms with van der Waals surface area (Å²) in [6.45, 7) is 3.05. The fourth-order valence-electron chi connectivity index (χ4n) is 3.90. The summed E-state index contributed by atoms with van der Waals surface area (Å²) in [7, 11) is 0. The van der Waals surface area contributed by atoms with Gasteiger partial charge in [0.1, 0.15) is 0 Å². The predicted octanol–water partition coefficient (Wildman–Crippen LogP) is 4.92. The van der Waals surface area contributed by atoms with Crippen molar-refractivity contribution in [1.29, 1.82) is 0 Å². The van der Waals surface area contributed by atoms with Gasteiger partial charge < -0.3 is 15.8 Å². The van der Waals surface area contributed by atoms with Gasteiger partial charge in [0.15, 0.2) is 0 Å². The predicted molar refractivity (Wildman–Crippen MR) is 126 cm³/mol. The highest BCUT2D eigenvalue weighted by molar-refractivity contribution is 5.91. The smallest absolute Gasteiger partial charge is 0.377 e. The van der Waals surface area contributed by atoms with Gasteiger partial charge in [0.05, 0.1) is 30.5 Å². The maximum absolute atomic E-state index is 13.2. The number of aromatic nitrogens is 2. The summed E-state index contributed by atoms with van der Waals surface area (Å²) in [6.07, 6.45) is -0.227. The van der Waals surface area contributed by atoms with Gasteiger partial charge in [-0.2, -0.15) is 13.2 Å². The number of halogens is 3. The lowest BCUT2D eigenvalue weighted by atomic mass is 9.95. The SMILES string of the molecule is C[C@@H](NC(=O)c1nccc(C2=CCOCC2)n1)c1ccc(-c2cc(C(F)(F)F)ccc2CN)cc1. The minimum Gasteiger partial charge on any atom is -0.377 e. The summed E-state index contributed by atoms with van der Waals surface area (Å²) in [5.41, 5.74) is 9.17. The first-order valence-corrected chi connectivity index (χ1v) is 11.2. The molecule has 0 saturated carbocycles. The van der Waals surface area contributed by atoms with E-state index in [0.29, 0.717) is 35.6 Å². The molecule has 0 unspecified atom stereocenters. The van der Waals surface area contributed by atoms with Gasteiger partial charge in [-0.3, -0.25) is 4.79 Å². The summed E-state index contributed by atoms with van der Waals surface area (Å²) < 4.78 is 44.9. The highest BCUT2D eigenvalue weighted by Gasteiger charge is 2.31. The Bertz CT molecular complexity index is 1240. The molecule has 0 bridgehead atoms. The van der Waals surface area contributed by atoms with Crippen LogP contribution in [0.15, 0.2) is 60.8 Å². The Morgan fingerprint density at radius 1 is 1.17 bits per heavy atom. The minimum atomic E-state index is -4.44. The number of nitrogens with two attached hydrogens (primary N) is 1. The Labute approximate surface area is 201 Å². The standard InChI is InChI=1S/C26H25F3N4O2/c1-16(32-25(34)24-31-11-8-23(33-24)19-9-12-35-13-10-19)17-2-4-18(5-3-17)22-14-21(26(27,28)29)7-6-20(22)15-30/h2-9,11,14,16H,10,12-13,15,30H2,1H3,(H,32,34)/t16-/m1/s1. The zero-order chi connectivity index (χ0) is 25.0. The lowest BCUT2D eigenvalue weighted by molar-refractivity contribution is -0.137. The number of ether oxygens (including phenoxy) is 1. The Morgan fingerprint density at radius 2 is 1.94 bits per heavy atom. The van der Waals surface area contributed by atoms with Gasteiger partial charge in [-0.05, 0) is 59.4 Å². The normalized spacial score (nSPS) is 14.8. The highest BCUT2D eigenvalue weighted by atomic mass is 19.4. The van der Waals surface area contributed by atoms with E-state index >= 15 is 0 Å². The molecule has 0 saturated heterocycles. The maximum Gasteiger partial charge on any atom is 0.416 e. The monoisotopic (exact) mass is 482 g/mol. The topological polar surface area (TPSA) is 90.1 Å². The van der Waals surface area contributed by atoms with E-state index in [1.165, 1.54) is 6.07 Å². The molecule has 9 heteroatoms. The number of hydrogen-bond acceptors (Lipinski definition) is 5. The number of alkyl halides is 3. The van der Waals surface area contributed by atoms with Gasteiger partial charge in [0.2, 0.25) is 5.82 Å². The summed E-state index contributed by atoms with van der Waals surface area (Å²) in [6, 6.07) is 11.9. The molecule has 0 spiro atoms. The van der Waals surface area contributed by atoms with Crippen LogP contribution in [0, 0.1) is 0 Å². The minimum absolute atomic E-state index is 0.0647. The number of carbonyl (C=O) groups is 1. The first kappa shape index (κ1) is 24.6.